The molecule has 0 bridgehead atoms. The van der Waals surface area contributed by atoms with E-state index in [1.165, 1.54) is 12.1 Å². The van der Waals surface area contributed by atoms with Crippen molar-refractivity contribution in [1.82, 2.24) is 4.90 Å². The molecule has 59 heavy (non-hydrogen) atoms. The van der Waals surface area contributed by atoms with Gasteiger partial charge in [-0.1, -0.05) is 36.2 Å². The summed E-state index contributed by atoms with van der Waals surface area (Å²) >= 11 is 0. The number of hydrogen-bond acceptors (Lipinski definition) is 11. The van der Waals surface area contributed by atoms with Crippen LogP contribution in [-0.2, 0) is 9.57 Å². The van der Waals surface area contributed by atoms with Crippen molar-refractivity contribution in [3.8, 4) is 23.3 Å². The average molecular weight is 807 g/mol. The molecule has 3 aromatic rings. The van der Waals surface area contributed by atoms with Gasteiger partial charge in [-0.3, -0.25) is 14.9 Å². The van der Waals surface area contributed by atoms with Gasteiger partial charge >= 0.3 is 0 Å². The molecule has 1 amide bonds. The first-order valence-electron chi connectivity index (χ1n) is 20.3. The fourth-order valence-corrected chi connectivity index (χ4v) is 8.81. The number of fused-ring (bicyclic) bond motifs is 2. The lowest BCUT2D eigenvalue weighted by atomic mass is 9.55. The predicted octanol–water partition coefficient (Wildman–Crippen LogP) is 8.46. The number of nitro benzene ring substituents is 1. The monoisotopic (exact) mass is 806 g/mol. The van der Waals surface area contributed by atoms with E-state index in [9.17, 15) is 30.4 Å². The summed E-state index contributed by atoms with van der Waals surface area (Å²) < 4.78 is 20.5. The number of aliphatic hydroxyl groups is 2. The molecule has 6 rings (SSSR count). The molecule has 1 aliphatic heterocycles. The summed E-state index contributed by atoms with van der Waals surface area (Å²) in [4.78, 5) is 33.4. The van der Waals surface area contributed by atoms with Gasteiger partial charge in [0.15, 0.2) is 0 Å². The Labute approximate surface area is 345 Å². The summed E-state index contributed by atoms with van der Waals surface area (Å²) in [6, 6.07) is 19.4. The first-order valence-corrected chi connectivity index (χ1v) is 20.3. The third-order valence-corrected chi connectivity index (χ3v) is 11.4. The summed E-state index contributed by atoms with van der Waals surface area (Å²) in [5.74, 6) is -1.27. The molecule has 0 unspecified atom stereocenters. The number of oxime groups is 1. The van der Waals surface area contributed by atoms with Crippen LogP contribution in [-0.4, -0.2) is 76.0 Å². The molecule has 3 aromatic carbocycles. The molecule has 0 aromatic heterocycles. The van der Waals surface area contributed by atoms with Crippen LogP contribution < -0.4 is 9.47 Å². The van der Waals surface area contributed by atoms with Gasteiger partial charge in [0.25, 0.3) is 11.6 Å². The summed E-state index contributed by atoms with van der Waals surface area (Å²) in [6.07, 6.45) is 8.48. The minimum absolute atomic E-state index is 0.0144. The largest absolute Gasteiger partial charge is 0.459 e. The van der Waals surface area contributed by atoms with E-state index in [0.29, 0.717) is 46.9 Å². The van der Waals surface area contributed by atoms with E-state index in [1.54, 1.807) is 60.5 Å². The van der Waals surface area contributed by atoms with Crippen LogP contribution in [0.15, 0.2) is 96.2 Å². The predicted molar refractivity (Wildman–Crippen MR) is 222 cm³/mol. The van der Waals surface area contributed by atoms with E-state index in [4.69, 9.17) is 24.2 Å². The highest BCUT2D eigenvalue weighted by Gasteiger charge is 2.65. The van der Waals surface area contributed by atoms with Crippen molar-refractivity contribution in [2.75, 3.05) is 26.9 Å². The van der Waals surface area contributed by atoms with Gasteiger partial charge in [0.1, 0.15) is 28.9 Å². The van der Waals surface area contributed by atoms with Gasteiger partial charge in [0, 0.05) is 49.8 Å². The number of carbonyl (C=O) groups is 1. The number of rotatable bonds is 17. The maximum atomic E-state index is 14.5. The number of unbranched alkanes of at least 4 members (excludes halogenated alkanes) is 2. The number of nitriles is 1. The minimum atomic E-state index is -1.46. The summed E-state index contributed by atoms with van der Waals surface area (Å²) in [5, 5.41) is 45.6. The van der Waals surface area contributed by atoms with E-state index in [1.807, 2.05) is 32.9 Å². The third kappa shape index (κ3) is 9.36. The Hall–Kier alpha value is -5.55. The molecule has 0 radical (unpaired) electrons. The topological polar surface area (TPSA) is 177 Å². The normalized spacial score (nSPS) is 23.8. The van der Waals surface area contributed by atoms with Gasteiger partial charge in [-0.15, -0.1) is 6.58 Å². The number of hydrogen-bond donors (Lipinski definition) is 2. The number of likely N-dealkylation sites (N-methyl/N-ethyl adjacent to an activating group) is 1. The van der Waals surface area contributed by atoms with Crippen molar-refractivity contribution >= 4 is 17.3 Å². The maximum Gasteiger partial charge on any atom is 0.273 e. The number of ether oxygens (including phenoxy) is 3. The Kier molecular flexibility index (Phi) is 13.6. The van der Waals surface area contributed by atoms with Crippen LogP contribution in [0.4, 0.5) is 5.69 Å². The van der Waals surface area contributed by atoms with Gasteiger partial charge < -0.3 is 34.2 Å². The van der Waals surface area contributed by atoms with Gasteiger partial charge in [-0.25, -0.2) is 0 Å². The molecule has 0 spiro atoms. The van der Waals surface area contributed by atoms with Crippen LogP contribution >= 0.6 is 0 Å². The Bertz CT molecular complexity index is 2100. The van der Waals surface area contributed by atoms with Crippen molar-refractivity contribution in [2.24, 2.45) is 22.9 Å². The lowest BCUT2D eigenvalue weighted by Crippen LogP contribution is -2.69. The number of allylic oxidation sites excluding steroid dienone is 1. The molecular weight excluding hydrogens is 753 g/mol. The number of benzene rings is 3. The molecule has 2 N–H and O–H groups in total. The minimum Gasteiger partial charge on any atom is -0.459 e. The highest BCUT2D eigenvalue weighted by Crippen LogP contribution is 2.62. The molecule has 312 valence electrons. The molecule has 13 heteroatoms. The summed E-state index contributed by atoms with van der Waals surface area (Å²) in [5.41, 5.74) is 2.50. The smallest absolute Gasteiger partial charge is 0.273 e. The molecule has 1 heterocycles. The van der Waals surface area contributed by atoms with Crippen LogP contribution in [0.25, 0.3) is 0 Å². The summed E-state index contributed by atoms with van der Waals surface area (Å²) in [7, 11) is 1.73. The number of amides is 1. The van der Waals surface area contributed by atoms with E-state index in [-0.39, 0.29) is 55.6 Å². The van der Waals surface area contributed by atoms with Gasteiger partial charge in [0.2, 0.25) is 5.79 Å². The van der Waals surface area contributed by atoms with Gasteiger partial charge in [-0.05, 0) is 112 Å². The van der Waals surface area contributed by atoms with Crippen molar-refractivity contribution < 1.29 is 39.0 Å². The van der Waals surface area contributed by atoms with Crippen LogP contribution in [0.3, 0.4) is 0 Å². The standard InChI is InChI=1S/C46H54N4O9/c1-6-24-56-46-41(49(5)44(53)31-18-16-30(29-47)17-19-31)28-39(48-59-45(2,3)4)37-25-32(12-7-9-22-51)36(15-8-10-23-52)42(43(37)46)38-27-35(20-21-40(38)58-46)57-34-14-11-13-33(26-34)50(54)55/h6,11,13-14,16-21,25-27,32,36,41-43,51-52H,1,7-10,12,15,22-24,28H2,2-5H3/t32-,36+,41-,42+,43+,46+/m0/s1. The fourth-order valence-electron chi connectivity index (χ4n) is 8.81. The highest BCUT2D eigenvalue weighted by atomic mass is 16.7. The molecule has 13 nitrogen and oxygen atoms in total. The zero-order valence-electron chi connectivity index (χ0n) is 34.2. The second-order valence-corrected chi connectivity index (χ2v) is 16.4. The van der Waals surface area contributed by atoms with E-state index in [2.05, 4.69) is 18.7 Å². The van der Waals surface area contributed by atoms with Crippen molar-refractivity contribution in [3.63, 3.8) is 0 Å². The third-order valence-electron chi connectivity index (χ3n) is 11.4. The van der Waals surface area contributed by atoms with Crippen molar-refractivity contribution in [3.05, 3.63) is 118 Å². The van der Waals surface area contributed by atoms with Crippen molar-refractivity contribution in [1.29, 1.82) is 5.26 Å². The molecule has 1 saturated carbocycles. The molecule has 1 fully saturated rings. The van der Waals surface area contributed by atoms with Crippen LogP contribution in [0.5, 0.6) is 17.2 Å². The average Bonchev–Trinajstić information content (AvgIpc) is 3.22. The first-order chi connectivity index (χ1) is 28.3. The zero-order valence-corrected chi connectivity index (χ0v) is 34.2. The van der Waals surface area contributed by atoms with Crippen LogP contribution in [0.1, 0.15) is 93.1 Å². The maximum absolute atomic E-state index is 14.5. The highest BCUT2D eigenvalue weighted by molar-refractivity contribution is 6.03. The van der Waals surface area contributed by atoms with Crippen LogP contribution in [0, 0.1) is 39.2 Å². The second-order valence-electron chi connectivity index (χ2n) is 16.4. The van der Waals surface area contributed by atoms with Crippen LogP contribution in [0.2, 0.25) is 0 Å². The first kappa shape index (κ1) is 43.0. The van der Waals surface area contributed by atoms with E-state index in [0.717, 1.165) is 36.8 Å². The molecular formula is C46H54N4O9. The second kappa shape index (κ2) is 18.6. The molecule has 3 aliphatic rings. The molecule has 6 atom stereocenters. The number of aliphatic hydroxyl groups excluding tert-OH is 2. The SMILES string of the molecule is C=CCO[C@@]12Oc3ccc(Oc4cccc([N+](=O)[O-])c4)cc3[C@H]3[C@H](CCCCO)[C@@H](CCCCO)C=C(C(=NOC(C)(C)C)C[C@@H]1N(C)C(=O)c1ccc(C#N)cc1)[C@H]32. The quantitative estimate of drug-likeness (QED) is 0.0582. The number of carbonyl (C=O) groups excluding carboxylic acids is 1. The lowest BCUT2D eigenvalue weighted by molar-refractivity contribution is -0.384. The number of nitro groups is 1. The van der Waals surface area contributed by atoms with Crippen molar-refractivity contribution in [2.45, 2.75) is 89.1 Å². The van der Waals surface area contributed by atoms with E-state index < -0.39 is 28.3 Å². The summed E-state index contributed by atoms with van der Waals surface area (Å²) in [6.45, 7) is 9.97. The fraction of sp³-hybridized carbons (Fsp3) is 0.457. The number of non-ortho nitro benzene ring substituents is 1. The van der Waals surface area contributed by atoms with Gasteiger partial charge in [0.05, 0.1) is 40.9 Å². The van der Waals surface area contributed by atoms with E-state index >= 15 is 0 Å². The Balaban J connectivity index is 1.58. The Morgan fingerprint density at radius 1 is 1.07 bits per heavy atom. The number of nitrogens with zero attached hydrogens (tertiary/aromatic N) is 4. The zero-order chi connectivity index (χ0) is 42.3. The van der Waals surface area contributed by atoms with Gasteiger partial charge in [-0.2, -0.15) is 5.26 Å². The molecule has 0 saturated heterocycles. The Morgan fingerprint density at radius 3 is 2.44 bits per heavy atom. The molecule has 2 aliphatic carbocycles. The Morgan fingerprint density at radius 2 is 1.78 bits per heavy atom. The lowest BCUT2D eigenvalue weighted by Gasteiger charge is -2.59.